The maximum Gasteiger partial charge on any atom is 0.137 e. The summed E-state index contributed by atoms with van der Waals surface area (Å²) < 4.78 is 18.7. The second-order valence-electron chi connectivity index (χ2n) is 4.57. The van der Waals surface area contributed by atoms with Crippen LogP contribution < -0.4 is 10.5 Å². The number of hydrogen-bond acceptors (Lipinski definition) is 3. The Kier molecular flexibility index (Phi) is 4.90. The van der Waals surface area contributed by atoms with Crippen molar-refractivity contribution in [3.8, 4) is 5.75 Å². The first-order valence-electron chi connectivity index (χ1n) is 5.75. The second kappa shape index (κ2) is 5.98. The lowest BCUT2D eigenvalue weighted by atomic mass is 10.00. The number of ether oxygens (including phenoxy) is 1. The van der Waals surface area contributed by atoms with E-state index in [4.69, 9.17) is 10.5 Å². The Morgan fingerprint density at radius 1 is 1.41 bits per heavy atom. The molecule has 4 heteroatoms. The lowest BCUT2D eigenvalue weighted by molar-refractivity contribution is 0.0810. The van der Waals surface area contributed by atoms with Crippen LogP contribution in [-0.2, 0) is 0 Å². The van der Waals surface area contributed by atoms with Crippen molar-refractivity contribution < 1.29 is 14.2 Å². The third-order valence-electron chi connectivity index (χ3n) is 2.80. The van der Waals surface area contributed by atoms with Crippen molar-refractivity contribution in [2.75, 3.05) is 6.61 Å². The molecule has 1 aromatic carbocycles. The largest absolute Gasteiger partial charge is 0.486 e. The minimum atomic E-state index is -0.472. The van der Waals surface area contributed by atoms with Crippen LogP contribution >= 0.6 is 0 Å². The molecule has 2 unspecified atom stereocenters. The Hall–Kier alpha value is -1.13. The molecule has 96 valence electrons. The highest BCUT2D eigenvalue weighted by Crippen LogP contribution is 2.19. The minimum absolute atomic E-state index is 0.157. The highest BCUT2D eigenvalue weighted by atomic mass is 19.1. The Morgan fingerprint density at radius 3 is 2.53 bits per heavy atom. The second-order valence-corrected chi connectivity index (χ2v) is 4.57. The molecule has 3 nitrogen and oxygen atoms in total. The number of aliphatic hydroxyl groups is 1. The molecule has 0 spiro atoms. The quantitative estimate of drug-likeness (QED) is 0.827. The van der Waals surface area contributed by atoms with E-state index in [1.165, 1.54) is 12.1 Å². The third kappa shape index (κ3) is 3.68. The molecule has 0 saturated heterocycles. The molecule has 17 heavy (non-hydrogen) atoms. The van der Waals surface area contributed by atoms with E-state index in [-0.39, 0.29) is 24.4 Å². The van der Waals surface area contributed by atoms with Crippen molar-refractivity contribution in [2.24, 2.45) is 11.7 Å². The summed E-state index contributed by atoms with van der Waals surface area (Å²) in [5.74, 6) is 0.457. The van der Waals surface area contributed by atoms with Gasteiger partial charge in [0.25, 0.3) is 0 Å². The Morgan fingerprint density at radius 2 is 2.06 bits per heavy atom. The normalized spacial score (nSPS) is 14.8. The van der Waals surface area contributed by atoms with Crippen molar-refractivity contribution in [2.45, 2.75) is 32.9 Å². The molecule has 0 fully saturated rings. The van der Waals surface area contributed by atoms with E-state index in [0.29, 0.717) is 11.3 Å². The average Bonchev–Trinajstić information content (AvgIpc) is 2.29. The fourth-order valence-electron chi connectivity index (χ4n) is 1.53. The lowest BCUT2D eigenvalue weighted by Crippen LogP contribution is -2.45. The molecule has 0 aliphatic heterocycles. The molecule has 1 rings (SSSR count). The lowest BCUT2D eigenvalue weighted by Gasteiger charge is -2.26. The zero-order chi connectivity index (χ0) is 13.0. The van der Waals surface area contributed by atoms with Gasteiger partial charge in [-0.2, -0.15) is 0 Å². The Bertz CT molecular complexity index is 368. The summed E-state index contributed by atoms with van der Waals surface area (Å²) in [7, 11) is 0. The molecule has 0 aromatic heterocycles. The molecular formula is C13H20FNO2. The van der Waals surface area contributed by atoms with E-state index in [1.54, 1.807) is 13.0 Å². The van der Waals surface area contributed by atoms with E-state index in [1.807, 2.05) is 13.8 Å². The molecule has 2 atom stereocenters. The maximum atomic E-state index is 13.1. The van der Waals surface area contributed by atoms with Gasteiger partial charge in [-0.25, -0.2) is 4.39 Å². The number of aliphatic hydroxyl groups excluding tert-OH is 1. The summed E-state index contributed by atoms with van der Waals surface area (Å²) in [6.45, 7) is 5.44. The van der Waals surface area contributed by atoms with Crippen LogP contribution in [-0.4, -0.2) is 23.9 Å². The van der Waals surface area contributed by atoms with Gasteiger partial charge in [0.05, 0.1) is 6.61 Å². The van der Waals surface area contributed by atoms with Crippen LogP contribution in [0.2, 0.25) is 0 Å². The van der Waals surface area contributed by atoms with Crippen LogP contribution in [0.3, 0.4) is 0 Å². The van der Waals surface area contributed by atoms with Crippen molar-refractivity contribution >= 4 is 0 Å². The van der Waals surface area contributed by atoms with Crippen LogP contribution in [0.4, 0.5) is 4.39 Å². The van der Waals surface area contributed by atoms with Crippen LogP contribution in [0.15, 0.2) is 18.2 Å². The third-order valence-corrected chi connectivity index (χ3v) is 2.80. The first-order valence-corrected chi connectivity index (χ1v) is 5.75. The van der Waals surface area contributed by atoms with Gasteiger partial charge in [0.2, 0.25) is 0 Å². The smallest absolute Gasteiger partial charge is 0.137 e. The van der Waals surface area contributed by atoms with E-state index in [0.717, 1.165) is 0 Å². The summed E-state index contributed by atoms with van der Waals surface area (Å²) in [4.78, 5) is 0. The van der Waals surface area contributed by atoms with E-state index in [9.17, 15) is 9.50 Å². The standard InChI is InChI=1S/C13H20FNO2/c1-8(2)13(15)12(7-16)17-10-4-5-11(14)9(3)6-10/h4-6,8,12-13,16H,7,15H2,1-3H3. The van der Waals surface area contributed by atoms with Gasteiger partial charge in [0.1, 0.15) is 17.7 Å². The van der Waals surface area contributed by atoms with Crippen molar-refractivity contribution in [3.05, 3.63) is 29.6 Å². The van der Waals surface area contributed by atoms with Crippen molar-refractivity contribution in [3.63, 3.8) is 0 Å². The van der Waals surface area contributed by atoms with Gasteiger partial charge in [-0.1, -0.05) is 13.8 Å². The van der Waals surface area contributed by atoms with Gasteiger partial charge < -0.3 is 15.6 Å². The summed E-state index contributed by atoms with van der Waals surface area (Å²) in [6.07, 6.45) is -0.472. The topological polar surface area (TPSA) is 55.5 Å². The molecule has 0 amide bonds. The van der Waals surface area contributed by atoms with Crippen molar-refractivity contribution in [1.29, 1.82) is 0 Å². The number of rotatable bonds is 5. The van der Waals surface area contributed by atoms with Gasteiger partial charge in [-0.3, -0.25) is 0 Å². The molecule has 0 aliphatic rings. The Balaban J connectivity index is 2.77. The van der Waals surface area contributed by atoms with Crippen molar-refractivity contribution in [1.82, 2.24) is 0 Å². The number of nitrogens with two attached hydrogens (primary N) is 1. The molecular weight excluding hydrogens is 221 g/mol. The summed E-state index contributed by atoms with van der Waals surface area (Å²) in [6, 6.07) is 4.23. The molecule has 3 N–H and O–H groups in total. The number of benzene rings is 1. The van der Waals surface area contributed by atoms with Crippen LogP contribution in [0, 0.1) is 18.7 Å². The van der Waals surface area contributed by atoms with E-state index < -0.39 is 6.10 Å². The SMILES string of the molecule is Cc1cc(OC(CO)C(N)C(C)C)ccc1F. The summed E-state index contributed by atoms with van der Waals surface area (Å²) in [5.41, 5.74) is 6.44. The van der Waals surface area contributed by atoms with Gasteiger partial charge in [0, 0.05) is 6.04 Å². The number of hydrogen-bond donors (Lipinski definition) is 2. The predicted octanol–water partition coefficient (Wildman–Crippen LogP) is 1.86. The minimum Gasteiger partial charge on any atom is -0.486 e. The fraction of sp³-hybridized carbons (Fsp3) is 0.538. The predicted molar refractivity (Wildman–Crippen MR) is 65.5 cm³/mol. The molecule has 0 radical (unpaired) electrons. The summed E-state index contributed by atoms with van der Waals surface area (Å²) in [5, 5.41) is 9.25. The van der Waals surface area contributed by atoms with Gasteiger partial charge >= 0.3 is 0 Å². The fourth-order valence-corrected chi connectivity index (χ4v) is 1.53. The monoisotopic (exact) mass is 241 g/mol. The molecule has 1 aromatic rings. The molecule has 0 heterocycles. The highest BCUT2D eigenvalue weighted by Gasteiger charge is 2.21. The van der Waals surface area contributed by atoms with Gasteiger partial charge in [-0.15, -0.1) is 0 Å². The zero-order valence-electron chi connectivity index (χ0n) is 10.5. The van der Waals surface area contributed by atoms with E-state index >= 15 is 0 Å². The van der Waals surface area contributed by atoms with Gasteiger partial charge in [0.15, 0.2) is 0 Å². The van der Waals surface area contributed by atoms with Crippen LogP contribution in [0.1, 0.15) is 19.4 Å². The molecule has 0 saturated carbocycles. The zero-order valence-corrected chi connectivity index (χ0v) is 10.5. The van der Waals surface area contributed by atoms with Crippen LogP contribution in [0.5, 0.6) is 5.75 Å². The Labute approximate surface area is 101 Å². The average molecular weight is 241 g/mol. The summed E-state index contributed by atoms with van der Waals surface area (Å²) >= 11 is 0. The van der Waals surface area contributed by atoms with Gasteiger partial charge in [-0.05, 0) is 36.6 Å². The molecule has 0 aliphatic carbocycles. The number of aryl methyl sites for hydroxylation is 1. The molecule has 0 bridgehead atoms. The number of halogens is 1. The highest BCUT2D eigenvalue weighted by molar-refractivity contribution is 5.29. The maximum absolute atomic E-state index is 13.1. The van der Waals surface area contributed by atoms with E-state index in [2.05, 4.69) is 0 Å². The first-order chi connectivity index (χ1) is 7.95. The van der Waals surface area contributed by atoms with Crippen LogP contribution in [0.25, 0.3) is 0 Å². The first kappa shape index (κ1) is 13.9.